The maximum atomic E-state index is 12.6. The lowest BCUT2D eigenvalue weighted by molar-refractivity contribution is 0.473. The summed E-state index contributed by atoms with van der Waals surface area (Å²) in [6.07, 6.45) is 0.683. The van der Waals surface area contributed by atoms with Crippen LogP contribution in [0.4, 0.5) is 0 Å². The minimum atomic E-state index is -3.60. The van der Waals surface area contributed by atoms with Gasteiger partial charge in [0.2, 0.25) is 10.0 Å². The largest absolute Gasteiger partial charge is 0.389 e. The Hall–Kier alpha value is -1.28. The predicted molar refractivity (Wildman–Crippen MR) is 90.2 cm³/mol. The highest BCUT2D eigenvalue weighted by atomic mass is 32.2. The third kappa shape index (κ3) is 3.68. The van der Waals surface area contributed by atoms with Gasteiger partial charge in [-0.1, -0.05) is 36.5 Å². The van der Waals surface area contributed by atoms with E-state index < -0.39 is 10.0 Å². The molecule has 0 fully saturated rings. The Morgan fingerprint density at radius 3 is 2.62 bits per heavy atom. The van der Waals surface area contributed by atoms with Crippen LogP contribution in [0.25, 0.3) is 0 Å². The zero-order chi connectivity index (χ0) is 15.5. The Morgan fingerprint density at radius 1 is 1.29 bits per heavy atom. The Bertz CT molecular complexity index is 724. The molecule has 0 saturated carbocycles. The quantitative estimate of drug-likeness (QED) is 0.819. The van der Waals surface area contributed by atoms with Gasteiger partial charge in [-0.15, -0.1) is 11.3 Å². The molecular formula is C14H16N2O2S3. The molecule has 0 aliphatic carbocycles. The van der Waals surface area contributed by atoms with Crippen molar-refractivity contribution < 1.29 is 8.42 Å². The van der Waals surface area contributed by atoms with Crippen molar-refractivity contribution in [3.8, 4) is 0 Å². The molecule has 1 aromatic heterocycles. The van der Waals surface area contributed by atoms with Gasteiger partial charge in [-0.25, -0.2) is 12.7 Å². The average molecular weight is 340 g/mol. The summed E-state index contributed by atoms with van der Waals surface area (Å²) in [6.45, 7) is 0.411. The molecule has 0 saturated heterocycles. The lowest BCUT2D eigenvalue weighted by Crippen LogP contribution is -2.30. The normalized spacial score (nSPS) is 11.7. The summed E-state index contributed by atoms with van der Waals surface area (Å²) in [5.41, 5.74) is 6.00. The summed E-state index contributed by atoms with van der Waals surface area (Å²) in [5.74, 6) is 0. The SMILES string of the molecule is CN(CCc1cccs1)S(=O)(=O)c1ccccc1C(N)=S. The number of likely N-dealkylation sites (N-methyl/N-ethyl adjacent to an activating group) is 1. The fraction of sp³-hybridized carbons (Fsp3) is 0.214. The third-order valence-electron chi connectivity index (χ3n) is 3.09. The molecule has 0 amide bonds. The summed E-state index contributed by atoms with van der Waals surface area (Å²) >= 11 is 6.55. The number of rotatable bonds is 6. The van der Waals surface area contributed by atoms with Gasteiger partial charge in [0.15, 0.2) is 0 Å². The highest BCUT2D eigenvalue weighted by Crippen LogP contribution is 2.20. The molecule has 0 radical (unpaired) electrons. The van der Waals surface area contributed by atoms with Crippen LogP contribution in [0, 0.1) is 0 Å². The molecule has 2 aromatic rings. The molecule has 0 spiro atoms. The number of nitrogens with two attached hydrogens (primary N) is 1. The molecule has 0 atom stereocenters. The summed E-state index contributed by atoms with van der Waals surface area (Å²) in [6, 6.07) is 10.5. The second-order valence-corrected chi connectivity index (χ2v) is 8.00. The van der Waals surface area contributed by atoms with Gasteiger partial charge in [-0.2, -0.15) is 0 Å². The van der Waals surface area contributed by atoms with Crippen LogP contribution in [0.15, 0.2) is 46.7 Å². The second-order valence-electron chi connectivity index (χ2n) is 4.52. The predicted octanol–water partition coefficient (Wildman–Crippen LogP) is 2.25. The second kappa shape index (κ2) is 6.65. The molecule has 1 heterocycles. The molecule has 7 heteroatoms. The molecule has 4 nitrogen and oxygen atoms in total. The van der Waals surface area contributed by atoms with E-state index >= 15 is 0 Å². The average Bonchev–Trinajstić information content (AvgIpc) is 2.97. The fourth-order valence-electron chi connectivity index (χ4n) is 1.91. The monoisotopic (exact) mass is 340 g/mol. The molecular weight excluding hydrogens is 324 g/mol. The molecule has 0 aliphatic heterocycles. The topological polar surface area (TPSA) is 63.4 Å². The van der Waals surface area contributed by atoms with E-state index in [-0.39, 0.29) is 9.88 Å². The van der Waals surface area contributed by atoms with Crippen molar-refractivity contribution in [2.24, 2.45) is 5.73 Å². The highest BCUT2D eigenvalue weighted by molar-refractivity contribution is 7.89. The number of sulfonamides is 1. The standard InChI is InChI=1S/C14H16N2O2S3/c1-16(9-8-11-5-4-10-20-11)21(17,18)13-7-3-2-6-12(13)14(15)19/h2-7,10H,8-9H2,1H3,(H2,15,19). The molecule has 112 valence electrons. The lowest BCUT2D eigenvalue weighted by atomic mass is 10.2. The van der Waals surface area contributed by atoms with E-state index in [1.54, 1.807) is 36.6 Å². The summed E-state index contributed by atoms with van der Waals surface area (Å²) in [4.78, 5) is 1.40. The van der Waals surface area contributed by atoms with Crippen molar-refractivity contribution in [1.82, 2.24) is 4.31 Å². The van der Waals surface area contributed by atoms with Crippen LogP contribution in [0.3, 0.4) is 0 Å². The fourth-order valence-corrected chi connectivity index (χ4v) is 4.22. The number of thiocarbonyl (C=S) groups is 1. The Kier molecular flexibility index (Phi) is 5.10. The Labute approximate surface area is 134 Å². The van der Waals surface area contributed by atoms with Gasteiger partial charge in [0.1, 0.15) is 4.99 Å². The lowest BCUT2D eigenvalue weighted by Gasteiger charge is -2.18. The van der Waals surface area contributed by atoms with Crippen LogP contribution in [-0.4, -0.2) is 31.3 Å². The molecule has 1 aromatic carbocycles. The van der Waals surface area contributed by atoms with Gasteiger partial charge >= 0.3 is 0 Å². The number of nitrogens with zero attached hydrogens (tertiary/aromatic N) is 1. The smallest absolute Gasteiger partial charge is 0.243 e. The van der Waals surface area contributed by atoms with E-state index in [0.717, 1.165) is 4.88 Å². The zero-order valence-corrected chi connectivity index (χ0v) is 14.0. The van der Waals surface area contributed by atoms with Crippen molar-refractivity contribution in [3.63, 3.8) is 0 Å². The number of benzene rings is 1. The van der Waals surface area contributed by atoms with Gasteiger partial charge in [-0.05, 0) is 23.9 Å². The first-order valence-electron chi connectivity index (χ1n) is 6.30. The first-order chi connectivity index (χ1) is 9.93. The summed E-state index contributed by atoms with van der Waals surface area (Å²) < 4.78 is 26.6. The Balaban J connectivity index is 2.23. The summed E-state index contributed by atoms with van der Waals surface area (Å²) in [7, 11) is -2.03. The maximum absolute atomic E-state index is 12.6. The molecule has 0 aliphatic rings. The van der Waals surface area contributed by atoms with Gasteiger partial charge < -0.3 is 5.73 Å². The molecule has 2 rings (SSSR count). The van der Waals surface area contributed by atoms with Crippen molar-refractivity contribution in [3.05, 3.63) is 52.2 Å². The van der Waals surface area contributed by atoms with Crippen LogP contribution in [0.2, 0.25) is 0 Å². The molecule has 0 bridgehead atoms. The minimum Gasteiger partial charge on any atom is -0.389 e. The zero-order valence-electron chi connectivity index (χ0n) is 11.5. The van der Waals surface area contributed by atoms with Crippen LogP contribution in [-0.2, 0) is 16.4 Å². The first kappa shape index (κ1) is 16.1. The minimum absolute atomic E-state index is 0.0841. The van der Waals surface area contributed by atoms with E-state index in [9.17, 15) is 8.42 Å². The number of thiophene rings is 1. The molecule has 2 N–H and O–H groups in total. The van der Waals surface area contributed by atoms with Crippen LogP contribution >= 0.6 is 23.6 Å². The van der Waals surface area contributed by atoms with Crippen molar-refractivity contribution in [2.75, 3.05) is 13.6 Å². The van der Waals surface area contributed by atoms with E-state index in [0.29, 0.717) is 18.5 Å². The molecule has 21 heavy (non-hydrogen) atoms. The van der Waals surface area contributed by atoms with Gasteiger partial charge in [-0.3, -0.25) is 0 Å². The van der Waals surface area contributed by atoms with E-state index in [1.165, 1.54) is 10.4 Å². The first-order valence-corrected chi connectivity index (χ1v) is 9.03. The Morgan fingerprint density at radius 2 is 2.00 bits per heavy atom. The van der Waals surface area contributed by atoms with Crippen LogP contribution < -0.4 is 5.73 Å². The van der Waals surface area contributed by atoms with E-state index in [4.69, 9.17) is 18.0 Å². The number of hydrogen-bond acceptors (Lipinski definition) is 4. The van der Waals surface area contributed by atoms with Crippen LogP contribution in [0.1, 0.15) is 10.4 Å². The third-order valence-corrected chi connectivity index (χ3v) is 6.17. The highest BCUT2D eigenvalue weighted by Gasteiger charge is 2.24. The van der Waals surface area contributed by atoms with E-state index in [2.05, 4.69) is 0 Å². The molecule has 0 unspecified atom stereocenters. The summed E-state index contributed by atoms with van der Waals surface area (Å²) in [5, 5.41) is 1.98. The van der Waals surface area contributed by atoms with Crippen molar-refractivity contribution >= 4 is 38.6 Å². The van der Waals surface area contributed by atoms with E-state index in [1.807, 2.05) is 17.5 Å². The van der Waals surface area contributed by atoms with Crippen LogP contribution in [0.5, 0.6) is 0 Å². The maximum Gasteiger partial charge on any atom is 0.243 e. The van der Waals surface area contributed by atoms with Gasteiger partial charge in [0.05, 0.1) is 4.90 Å². The number of hydrogen-bond donors (Lipinski definition) is 1. The van der Waals surface area contributed by atoms with Crippen molar-refractivity contribution in [2.45, 2.75) is 11.3 Å². The van der Waals surface area contributed by atoms with Gasteiger partial charge in [0.25, 0.3) is 0 Å². The van der Waals surface area contributed by atoms with Crippen molar-refractivity contribution in [1.29, 1.82) is 0 Å². The van der Waals surface area contributed by atoms with Gasteiger partial charge in [0, 0.05) is 24.0 Å².